The van der Waals surface area contributed by atoms with Gasteiger partial charge < -0.3 is 44.0 Å². The minimum atomic E-state index is -1.78. The van der Waals surface area contributed by atoms with Crippen LogP contribution in [-0.2, 0) is 44.4 Å². The second-order valence-electron chi connectivity index (χ2n) is 16.0. The maximum atomic E-state index is 14.2. The van der Waals surface area contributed by atoms with Crippen molar-refractivity contribution < 1.29 is 48.2 Å². The fourth-order valence-corrected chi connectivity index (χ4v) is 8.84. The van der Waals surface area contributed by atoms with Crippen molar-refractivity contribution in [1.82, 2.24) is 0 Å². The van der Waals surface area contributed by atoms with Gasteiger partial charge in [-0.05, 0) is 79.9 Å². The second kappa shape index (κ2) is 17.3. The standard InChI is InChI=1S/C43H59NO10/c1-7-36-26(2)17-19-42(54-36)23-34-22-33(53-42)16-11-28(4)39(50-20-18-30-12-14-32(15-13-30)44-37(45)25-49-6)27(3)9-8-10-31-24-51-40-38(46)29(5)21-35(41(47)52-34)43(31,40)48/h8-15,21,26-27,33-36,38-40,46,48H,7,16-20,22-25H2,1-6H3,(H,44,45)/b9-8+,28-11+,31-10+/t26-,27-,33+,34-,35-,36+,38+,39+,40+,42+,43+/m0/s1. The number of hydrogen-bond donors (Lipinski definition) is 3. The van der Waals surface area contributed by atoms with Gasteiger partial charge in [-0.3, -0.25) is 9.59 Å². The number of aliphatic hydroxyl groups excluding tert-OH is 1. The topological polar surface area (TPSA) is 142 Å². The molecule has 2 bridgehead atoms. The van der Waals surface area contributed by atoms with Crippen molar-refractivity contribution >= 4 is 17.6 Å². The van der Waals surface area contributed by atoms with Crippen molar-refractivity contribution in [2.45, 2.75) is 128 Å². The van der Waals surface area contributed by atoms with Gasteiger partial charge in [-0.15, -0.1) is 0 Å². The lowest BCUT2D eigenvalue weighted by Crippen LogP contribution is -2.58. The highest BCUT2D eigenvalue weighted by molar-refractivity contribution is 5.91. The first-order valence-corrected chi connectivity index (χ1v) is 19.7. The SMILES string of the molecule is CC[C@H]1O[C@]2(CC[C@@H]1C)C[C@@H]1C[C@@H](C/C=C(\C)[C@H](OCCc3ccc(NC(=O)COC)cc3)[C@@H](C)/C=C/C=C3\CO[C@@H]4[C@H](O)C(C)=C[C@@H](C(=O)O1)[C@]34O)O2. The smallest absolute Gasteiger partial charge is 0.316 e. The molecule has 3 fully saturated rings. The van der Waals surface area contributed by atoms with E-state index >= 15 is 0 Å². The van der Waals surface area contributed by atoms with Gasteiger partial charge in [-0.2, -0.15) is 0 Å². The third-order valence-corrected chi connectivity index (χ3v) is 11.9. The van der Waals surface area contributed by atoms with Crippen molar-refractivity contribution in [2.75, 3.05) is 32.2 Å². The molecule has 3 saturated heterocycles. The van der Waals surface area contributed by atoms with E-state index in [-0.39, 0.29) is 43.4 Å². The van der Waals surface area contributed by atoms with Gasteiger partial charge in [0.15, 0.2) is 5.79 Å². The van der Waals surface area contributed by atoms with Crippen LogP contribution in [0.5, 0.6) is 0 Å². The van der Waals surface area contributed by atoms with E-state index in [1.807, 2.05) is 36.4 Å². The number of allylic oxidation sites excluding steroid dienone is 2. The van der Waals surface area contributed by atoms with E-state index in [0.717, 1.165) is 24.0 Å². The summed E-state index contributed by atoms with van der Waals surface area (Å²) in [6, 6.07) is 7.71. The molecule has 0 unspecified atom stereocenters. The molecule has 6 rings (SSSR count). The number of rotatable bonds is 8. The van der Waals surface area contributed by atoms with Crippen LogP contribution in [0.15, 0.2) is 71.4 Å². The summed E-state index contributed by atoms with van der Waals surface area (Å²) in [6.07, 6.45) is 11.1. The molecule has 1 aliphatic carbocycles. The molecule has 1 aromatic rings. The minimum absolute atomic E-state index is 0.00239. The van der Waals surface area contributed by atoms with E-state index in [4.69, 9.17) is 28.4 Å². The molecule has 0 aromatic heterocycles. The van der Waals surface area contributed by atoms with Gasteiger partial charge in [0.2, 0.25) is 5.91 Å². The Morgan fingerprint density at radius 1 is 1.09 bits per heavy atom. The third kappa shape index (κ3) is 8.78. The van der Waals surface area contributed by atoms with Crippen LogP contribution >= 0.6 is 0 Å². The fourth-order valence-electron chi connectivity index (χ4n) is 8.84. The van der Waals surface area contributed by atoms with Crippen LogP contribution in [0.2, 0.25) is 0 Å². The Morgan fingerprint density at radius 2 is 1.87 bits per heavy atom. The monoisotopic (exact) mass is 749 g/mol. The summed E-state index contributed by atoms with van der Waals surface area (Å²) in [7, 11) is 1.49. The number of esters is 1. The van der Waals surface area contributed by atoms with E-state index in [1.165, 1.54) is 7.11 Å². The van der Waals surface area contributed by atoms with Crippen molar-refractivity contribution in [2.24, 2.45) is 17.8 Å². The van der Waals surface area contributed by atoms with Gasteiger partial charge in [-0.1, -0.05) is 63.3 Å². The number of methoxy groups -OCH3 is 1. The normalized spacial score (nSPS) is 39.7. The number of hydrogen-bond acceptors (Lipinski definition) is 10. The predicted octanol–water partition coefficient (Wildman–Crippen LogP) is 5.75. The lowest BCUT2D eigenvalue weighted by Gasteiger charge is -2.50. The molecule has 1 amide bonds. The molecule has 1 aromatic carbocycles. The number of ether oxygens (including phenoxy) is 6. The van der Waals surface area contributed by atoms with Crippen LogP contribution in [0.25, 0.3) is 0 Å². The molecule has 11 heteroatoms. The fraction of sp³-hybridized carbons (Fsp3) is 0.628. The lowest BCUT2D eigenvalue weighted by molar-refractivity contribution is -0.335. The van der Waals surface area contributed by atoms with Crippen molar-refractivity contribution in [3.63, 3.8) is 0 Å². The highest BCUT2D eigenvalue weighted by Crippen LogP contribution is 2.47. The Labute approximate surface area is 319 Å². The maximum Gasteiger partial charge on any atom is 0.316 e. The Bertz CT molecular complexity index is 1620. The molecule has 54 heavy (non-hydrogen) atoms. The quantitative estimate of drug-likeness (QED) is 0.222. The molecule has 0 radical (unpaired) electrons. The number of aliphatic hydroxyl groups is 2. The lowest BCUT2D eigenvalue weighted by atomic mass is 9.71. The second-order valence-corrected chi connectivity index (χ2v) is 16.0. The summed E-state index contributed by atoms with van der Waals surface area (Å²) in [6.45, 7) is 10.8. The molecule has 1 spiro atoms. The molecule has 0 saturated carbocycles. The van der Waals surface area contributed by atoms with Gasteiger partial charge >= 0.3 is 5.97 Å². The number of fused-ring (bicyclic) bond motifs is 2. The van der Waals surface area contributed by atoms with Gasteiger partial charge in [0, 0.05) is 38.0 Å². The number of nitrogens with one attached hydrogen (secondary N) is 1. The van der Waals surface area contributed by atoms with E-state index in [1.54, 1.807) is 19.1 Å². The van der Waals surface area contributed by atoms with E-state index < -0.39 is 41.6 Å². The average Bonchev–Trinajstić information content (AvgIpc) is 3.48. The Kier molecular flexibility index (Phi) is 13.0. The molecule has 11 nitrogen and oxygen atoms in total. The van der Waals surface area contributed by atoms with Crippen LogP contribution in [0, 0.1) is 17.8 Å². The molecule has 3 N–H and O–H groups in total. The first-order valence-electron chi connectivity index (χ1n) is 19.7. The first-order chi connectivity index (χ1) is 25.9. The number of carbonyl (C=O) groups is 2. The zero-order chi connectivity index (χ0) is 38.6. The van der Waals surface area contributed by atoms with Gasteiger partial charge in [-0.25, -0.2) is 0 Å². The van der Waals surface area contributed by atoms with Crippen molar-refractivity contribution in [3.8, 4) is 0 Å². The highest BCUT2D eigenvalue weighted by Gasteiger charge is 2.60. The molecule has 4 aliphatic heterocycles. The van der Waals surface area contributed by atoms with Gasteiger partial charge in [0.25, 0.3) is 0 Å². The molecular formula is C43H59NO10. The van der Waals surface area contributed by atoms with E-state index in [0.29, 0.717) is 61.5 Å². The number of anilines is 1. The van der Waals surface area contributed by atoms with Crippen molar-refractivity contribution in [1.29, 1.82) is 0 Å². The minimum Gasteiger partial charge on any atom is -0.462 e. The average molecular weight is 750 g/mol. The summed E-state index contributed by atoms with van der Waals surface area (Å²) in [5.41, 5.74) is 2.14. The zero-order valence-corrected chi connectivity index (χ0v) is 32.6. The van der Waals surface area contributed by atoms with Gasteiger partial charge in [0.05, 0.1) is 31.5 Å². The molecular weight excluding hydrogens is 690 g/mol. The Hall–Kier alpha value is -3.16. The number of amides is 1. The summed E-state index contributed by atoms with van der Waals surface area (Å²) in [5, 5.41) is 26.2. The number of benzene rings is 1. The largest absolute Gasteiger partial charge is 0.462 e. The number of carbonyl (C=O) groups excluding carboxylic acids is 2. The Morgan fingerprint density at radius 3 is 2.61 bits per heavy atom. The summed E-state index contributed by atoms with van der Waals surface area (Å²) in [4.78, 5) is 26.1. The summed E-state index contributed by atoms with van der Waals surface area (Å²) >= 11 is 0. The van der Waals surface area contributed by atoms with Crippen LogP contribution in [0.3, 0.4) is 0 Å². The van der Waals surface area contributed by atoms with Crippen LogP contribution < -0.4 is 5.32 Å². The third-order valence-electron chi connectivity index (χ3n) is 11.9. The van der Waals surface area contributed by atoms with E-state index in [9.17, 15) is 19.8 Å². The Balaban J connectivity index is 1.28. The molecule has 296 valence electrons. The molecule has 5 aliphatic rings. The highest BCUT2D eigenvalue weighted by atomic mass is 16.7. The maximum absolute atomic E-state index is 14.2. The first kappa shape index (κ1) is 40.5. The van der Waals surface area contributed by atoms with Crippen LogP contribution in [0.4, 0.5) is 5.69 Å². The van der Waals surface area contributed by atoms with Crippen molar-refractivity contribution in [3.05, 3.63) is 76.9 Å². The predicted molar refractivity (Wildman–Crippen MR) is 203 cm³/mol. The molecule has 11 atom stereocenters. The zero-order valence-electron chi connectivity index (χ0n) is 32.6. The van der Waals surface area contributed by atoms with E-state index in [2.05, 4.69) is 39.1 Å². The summed E-state index contributed by atoms with van der Waals surface area (Å²) < 4.78 is 37.4. The van der Waals surface area contributed by atoms with Crippen LogP contribution in [0.1, 0.15) is 78.7 Å². The molecule has 4 heterocycles. The summed E-state index contributed by atoms with van der Waals surface area (Å²) in [5.74, 6) is -2.35. The van der Waals surface area contributed by atoms with Crippen LogP contribution in [-0.4, -0.2) is 97.0 Å². The van der Waals surface area contributed by atoms with Gasteiger partial charge in [0.1, 0.15) is 36.4 Å².